The lowest BCUT2D eigenvalue weighted by molar-refractivity contribution is 0.628. The fourth-order valence-electron chi connectivity index (χ4n) is 2.41. The molecule has 0 bridgehead atoms. The molecule has 2 aromatic carbocycles. The van der Waals surface area contributed by atoms with Gasteiger partial charge in [-0.15, -0.1) is 21.5 Å². The molecule has 8 heteroatoms. The van der Waals surface area contributed by atoms with Crippen LogP contribution in [0.3, 0.4) is 0 Å². The van der Waals surface area contributed by atoms with E-state index in [4.69, 9.17) is 34.8 Å². The molecule has 0 radical (unpaired) electrons. The molecule has 0 saturated carbocycles. The average Bonchev–Trinajstić information content (AvgIpc) is 3.14. The van der Waals surface area contributed by atoms with E-state index in [2.05, 4.69) is 10.2 Å². The third kappa shape index (κ3) is 2.58. The second-order valence-electron chi connectivity index (χ2n) is 5.02. The highest BCUT2D eigenvalue weighted by Gasteiger charge is 2.18. The Morgan fingerprint density at radius 1 is 0.958 bits per heavy atom. The van der Waals surface area contributed by atoms with Crippen LogP contribution in [-0.2, 0) is 0 Å². The number of hydrogen-bond acceptors (Lipinski definition) is 3. The first-order valence-electron chi connectivity index (χ1n) is 6.78. The second kappa shape index (κ2) is 6.01. The van der Waals surface area contributed by atoms with Crippen molar-refractivity contribution in [3.8, 4) is 22.6 Å². The van der Waals surface area contributed by atoms with Gasteiger partial charge in [0.05, 0.1) is 15.7 Å². The van der Waals surface area contributed by atoms with E-state index in [-0.39, 0.29) is 5.02 Å². The summed E-state index contributed by atoms with van der Waals surface area (Å²) >= 11 is 19.4. The third-order valence-electron chi connectivity index (χ3n) is 3.54. The van der Waals surface area contributed by atoms with Crippen molar-refractivity contribution < 1.29 is 4.39 Å². The van der Waals surface area contributed by atoms with E-state index >= 15 is 0 Å². The molecule has 120 valence electrons. The fraction of sp³-hybridized carbons (Fsp3) is 0. The molecule has 0 saturated heterocycles. The zero-order valence-corrected chi connectivity index (χ0v) is 14.9. The van der Waals surface area contributed by atoms with E-state index in [1.54, 1.807) is 12.1 Å². The van der Waals surface area contributed by atoms with E-state index in [1.807, 2.05) is 21.9 Å². The smallest absolute Gasteiger partial charge is 0.216 e. The number of hydrogen-bond donors (Lipinski definition) is 0. The highest BCUT2D eigenvalue weighted by atomic mass is 35.5. The molecule has 0 aliphatic heterocycles. The monoisotopic (exact) mass is 397 g/mol. The van der Waals surface area contributed by atoms with Crippen LogP contribution in [0.4, 0.5) is 4.39 Å². The number of halogens is 4. The van der Waals surface area contributed by atoms with Crippen molar-refractivity contribution in [2.24, 2.45) is 0 Å². The lowest BCUT2D eigenvalue weighted by Gasteiger charge is -2.07. The second-order valence-corrected chi connectivity index (χ2v) is 7.10. The molecule has 24 heavy (non-hydrogen) atoms. The Kier molecular flexibility index (Phi) is 3.96. The zero-order chi connectivity index (χ0) is 16.8. The molecule has 0 fully saturated rings. The molecule has 3 nitrogen and oxygen atoms in total. The molecular formula is C16H7Cl3FN3S. The molecule has 0 aliphatic rings. The van der Waals surface area contributed by atoms with E-state index in [1.165, 1.54) is 23.5 Å². The first-order chi connectivity index (χ1) is 11.5. The van der Waals surface area contributed by atoms with Gasteiger partial charge in [0.2, 0.25) is 4.96 Å². The molecule has 0 atom stereocenters. The minimum atomic E-state index is -0.531. The molecule has 4 aromatic rings. The van der Waals surface area contributed by atoms with Gasteiger partial charge in [-0.25, -0.2) is 4.39 Å². The maximum Gasteiger partial charge on any atom is 0.216 e. The van der Waals surface area contributed by atoms with Crippen LogP contribution in [0.2, 0.25) is 15.1 Å². The molecule has 0 amide bonds. The van der Waals surface area contributed by atoms with Crippen LogP contribution in [0.5, 0.6) is 0 Å². The summed E-state index contributed by atoms with van der Waals surface area (Å²) in [5.74, 6) is 0.0980. The Hall–Kier alpha value is -1.66. The van der Waals surface area contributed by atoms with Crippen molar-refractivity contribution in [3.05, 3.63) is 62.7 Å². The predicted octanol–water partition coefficient (Wildman–Crippen LogP) is 6.22. The van der Waals surface area contributed by atoms with Gasteiger partial charge in [0.15, 0.2) is 5.82 Å². The number of benzene rings is 2. The van der Waals surface area contributed by atoms with Crippen LogP contribution in [0.25, 0.3) is 27.6 Å². The highest BCUT2D eigenvalue weighted by molar-refractivity contribution is 7.15. The van der Waals surface area contributed by atoms with Gasteiger partial charge in [-0.2, -0.15) is 0 Å². The Labute approximate surface area is 155 Å². The zero-order valence-electron chi connectivity index (χ0n) is 11.8. The molecule has 4 rings (SSSR count). The molecule has 2 heterocycles. The lowest BCUT2D eigenvalue weighted by atomic mass is 10.1. The van der Waals surface area contributed by atoms with Gasteiger partial charge in [0.1, 0.15) is 5.82 Å². The largest absolute Gasteiger partial charge is 0.265 e. The third-order valence-corrected chi connectivity index (χ3v) is 5.21. The standard InChI is InChI=1S/C16H7Cl3FN3S/c17-9-3-1-8(2-4-9)15-21-22-16-23(15)14(7-24-16)10-5-13(20)12(19)6-11(10)18/h1-7H. The molecule has 0 aliphatic carbocycles. The maximum absolute atomic E-state index is 13.9. The van der Waals surface area contributed by atoms with Crippen molar-refractivity contribution in [1.29, 1.82) is 0 Å². The van der Waals surface area contributed by atoms with E-state index in [0.717, 1.165) is 5.56 Å². The van der Waals surface area contributed by atoms with Crippen LogP contribution >= 0.6 is 46.1 Å². The van der Waals surface area contributed by atoms with Gasteiger partial charge in [0, 0.05) is 21.5 Å². The molecule has 2 aromatic heterocycles. The Balaban J connectivity index is 1.96. The Bertz CT molecular complexity index is 1060. The number of rotatable bonds is 2. The Morgan fingerprint density at radius 3 is 2.46 bits per heavy atom. The predicted molar refractivity (Wildman–Crippen MR) is 96.7 cm³/mol. The summed E-state index contributed by atoms with van der Waals surface area (Å²) in [5.41, 5.74) is 2.07. The van der Waals surface area contributed by atoms with Gasteiger partial charge >= 0.3 is 0 Å². The van der Waals surface area contributed by atoms with E-state index < -0.39 is 5.82 Å². The summed E-state index contributed by atoms with van der Waals surface area (Å²) in [6, 6.07) is 9.97. The lowest BCUT2D eigenvalue weighted by Crippen LogP contribution is -1.92. The van der Waals surface area contributed by atoms with Gasteiger partial charge in [-0.1, -0.05) is 34.8 Å². The molecule has 0 unspecified atom stereocenters. The van der Waals surface area contributed by atoms with Crippen molar-refractivity contribution in [3.63, 3.8) is 0 Å². The van der Waals surface area contributed by atoms with E-state index in [9.17, 15) is 4.39 Å². The summed E-state index contributed by atoms with van der Waals surface area (Å²) in [6.45, 7) is 0. The van der Waals surface area contributed by atoms with Gasteiger partial charge in [-0.3, -0.25) is 4.40 Å². The Morgan fingerprint density at radius 2 is 1.71 bits per heavy atom. The number of aromatic nitrogens is 3. The van der Waals surface area contributed by atoms with Crippen molar-refractivity contribution in [2.45, 2.75) is 0 Å². The summed E-state index contributed by atoms with van der Waals surface area (Å²) < 4.78 is 15.7. The number of thiazole rings is 1. The van der Waals surface area contributed by atoms with Gasteiger partial charge < -0.3 is 0 Å². The van der Waals surface area contributed by atoms with Crippen molar-refractivity contribution >= 4 is 51.1 Å². The minimum absolute atomic E-state index is 0.0168. The van der Waals surface area contributed by atoms with Crippen molar-refractivity contribution in [2.75, 3.05) is 0 Å². The van der Waals surface area contributed by atoms with Gasteiger partial charge in [-0.05, 0) is 36.4 Å². The number of fused-ring (bicyclic) bond motifs is 1. The quantitative estimate of drug-likeness (QED) is 0.375. The van der Waals surface area contributed by atoms with Crippen LogP contribution in [0.1, 0.15) is 0 Å². The van der Waals surface area contributed by atoms with Crippen LogP contribution < -0.4 is 0 Å². The average molecular weight is 399 g/mol. The summed E-state index contributed by atoms with van der Waals surface area (Å²) in [5, 5.41) is 11.2. The van der Waals surface area contributed by atoms with Crippen LogP contribution in [0, 0.1) is 5.82 Å². The van der Waals surface area contributed by atoms with E-state index in [0.29, 0.717) is 32.1 Å². The molecule has 0 spiro atoms. The first kappa shape index (κ1) is 15.8. The first-order valence-corrected chi connectivity index (χ1v) is 8.79. The van der Waals surface area contributed by atoms with Crippen LogP contribution in [0.15, 0.2) is 41.8 Å². The van der Waals surface area contributed by atoms with Crippen LogP contribution in [-0.4, -0.2) is 14.6 Å². The topological polar surface area (TPSA) is 30.2 Å². The molecular weight excluding hydrogens is 392 g/mol. The summed E-state index contributed by atoms with van der Waals surface area (Å²) in [6.07, 6.45) is 0. The number of nitrogens with zero attached hydrogens (tertiary/aromatic N) is 3. The highest BCUT2D eigenvalue weighted by Crippen LogP contribution is 2.36. The maximum atomic E-state index is 13.9. The SMILES string of the molecule is Fc1cc(-c2csc3nnc(-c4ccc(Cl)cc4)n23)c(Cl)cc1Cl. The normalized spacial score (nSPS) is 11.3. The minimum Gasteiger partial charge on any atom is -0.265 e. The van der Waals surface area contributed by atoms with Gasteiger partial charge in [0.25, 0.3) is 0 Å². The summed E-state index contributed by atoms with van der Waals surface area (Å²) in [4.78, 5) is 0.682. The van der Waals surface area contributed by atoms with Crippen molar-refractivity contribution in [1.82, 2.24) is 14.6 Å². The summed E-state index contributed by atoms with van der Waals surface area (Å²) in [7, 11) is 0. The molecule has 0 N–H and O–H groups in total. The fourth-order valence-corrected chi connectivity index (χ4v) is 3.85.